The maximum atomic E-state index is 12.7. The summed E-state index contributed by atoms with van der Waals surface area (Å²) in [4.78, 5) is 15.0. The molecule has 0 aromatic heterocycles. The van der Waals surface area contributed by atoms with Crippen LogP contribution in [0.5, 0.6) is 0 Å². The van der Waals surface area contributed by atoms with Crippen molar-refractivity contribution >= 4 is 11.6 Å². The van der Waals surface area contributed by atoms with Gasteiger partial charge < -0.3 is 10.1 Å². The topological polar surface area (TPSA) is 65.4 Å². The first-order chi connectivity index (χ1) is 13.0. The van der Waals surface area contributed by atoms with E-state index in [-0.39, 0.29) is 18.1 Å². The Morgan fingerprint density at radius 3 is 2.63 bits per heavy atom. The highest BCUT2D eigenvalue weighted by Crippen LogP contribution is 2.20. The second-order valence-corrected chi connectivity index (χ2v) is 7.22. The molecular formula is C22H25N3O2. The average molecular weight is 363 g/mol. The maximum Gasteiger partial charge on any atom is 0.255 e. The van der Waals surface area contributed by atoms with Gasteiger partial charge in [-0.2, -0.15) is 5.26 Å². The van der Waals surface area contributed by atoms with Gasteiger partial charge in [0.2, 0.25) is 0 Å². The number of aryl methyl sites for hydroxylation is 1. The molecule has 0 spiro atoms. The van der Waals surface area contributed by atoms with Crippen LogP contribution in [0.2, 0.25) is 0 Å². The summed E-state index contributed by atoms with van der Waals surface area (Å²) < 4.78 is 5.78. The molecule has 0 aliphatic carbocycles. The molecular weight excluding hydrogens is 338 g/mol. The molecule has 3 rings (SSSR count). The Morgan fingerprint density at radius 1 is 1.22 bits per heavy atom. The van der Waals surface area contributed by atoms with Crippen molar-refractivity contribution in [1.29, 1.82) is 5.26 Å². The lowest BCUT2D eigenvalue weighted by atomic mass is 10.1. The molecule has 1 aliphatic rings. The number of hydrogen-bond donors (Lipinski definition) is 1. The summed E-state index contributed by atoms with van der Waals surface area (Å²) >= 11 is 0. The quantitative estimate of drug-likeness (QED) is 0.899. The van der Waals surface area contributed by atoms with Gasteiger partial charge in [-0.05, 0) is 50.1 Å². The number of nitrogens with zero attached hydrogens (tertiary/aromatic N) is 2. The molecule has 2 aromatic carbocycles. The number of ether oxygens (including phenoxy) is 1. The average Bonchev–Trinajstić information content (AvgIpc) is 2.61. The largest absolute Gasteiger partial charge is 0.373 e. The van der Waals surface area contributed by atoms with Gasteiger partial charge in [-0.25, -0.2) is 0 Å². The van der Waals surface area contributed by atoms with E-state index in [0.717, 1.165) is 30.8 Å². The van der Waals surface area contributed by atoms with Crippen LogP contribution in [0.25, 0.3) is 0 Å². The van der Waals surface area contributed by atoms with Gasteiger partial charge >= 0.3 is 0 Å². The Morgan fingerprint density at radius 2 is 1.93 bits per heavy atom. The van der Waals surface area contributed by atoms with Crippen LogP contribution in [-0.2, 0) is 11.3 Å². The van der Waals surface area contributed by atoms with E-state index in [1.165, 1.54) is 0 Å². The van der Waals surface area contributed by atoms with Gasteiger partial charge in [0.25, 0.3) is 5.91 Å². The molecule has 1 N–H and O–H groups in total. The standard InChI is InChI=1S/C22H25N3O2/c1-15-6-4-9-21(20(15)11-23)24-22(26)19-8-5-7-18(10-19)14-25-12-16(2)27-17(3)13-25/h4-10,16-17H,12-14H2,1-3H3,(H,24,26)/t16-,17+. The third-order valence-electron chi connectivity index (χ3n) is 4.72. The minimum Gasteiger partial charge on any atom is -0.373 e. The van der Waals surface area contributed by atoms with Crippen LogP contribution in [0, 0.1) is 18.3 Å². The third kappa shape index (κ3) is 4.73. The Balaban J connectivity index is 1.73. The van der Waals surface area contributed by atoms with Crippen LogP contribution in [0.3, 0.4) is 0 Å². The van der Waals surface area contributed by atoms with Crippen LogP contribution in [-0.4, -0.2) is 36.1 Å². The first kappa shape index (κ1) is 19.1. The minimum atomic E-state index is -0.206. The van der Waals surface area contributed by atoms with E-state index in [2.05, 4.69) is 30.1 Å². The highest BCUT2D eigenvalue weighted by Gasteiger charge is 2.22. The van der Waals surface area contributed by atoms with Crippen LogP contribution in [0.4, 0.5) is 5.69 Å². The molecule has 2 aromatic rings. The molecule has 0 radical (unpaired) electrons. The number of morpholine rings is 1. The van der Waals surface area contributed by atoms with Gasteiger partial charge in [0.1, 0.15) is 6.07 Å². The van der Waals surface area contributed by atoms with E-state index in [1.54, 1.807) is 12.1 Å². The van der Waals surface area contributed by atoms with Crippen LogP contribution < -0.4 is 5.32 Å². The molecule has 5 nitrogen and oxygen atoms in total. The number of carbonyl (C=O) groups excluding carboxylic acids is 1. The van der Waals surface area contributed by atoms with Gasteiger partial charge in [0, 0.05) is 25.2 Å². The smallest absolute Gasteiger partial charge is 0.255 e. The van der Waals surface area contributed by atoms with E-state index >= 15 is 0 Å². The van der Waals surface area contributed by atoms with E-state index < -0.39 is 0 Å². The van der Waals surface area contributed by atoms with E-state index in [4.69, 9.17) is 4.74 Å². The number of hydrogen-bond acceptors (Lipinski definition) is 4. The molecule has 1 aliphatic heterocycles. The number of nitriles is 1. The number of amides is 1. The van der Waals surface area contributed by atoms with Crippen LogP contribution >= 0.6 is 0 Å². The molecule has 140 valence electrons. The molecule has 0 saturated carbocycles. The van der Waals surface area contributed by atoms with Gasteiger partial charge in [-0.1, -0.05) is 24.3 Å². The molecule has 5 heteroatoms. The lowest BCUT2D eigenvalue weighted by molar-refractivity contribution is -0.0704. The molecule has 1 saturated heterocycles. The normalized spacial score (nSPS) is 20.1. The van der Waals surface area contributed by atoms with Crippen molar-refractivity contribution in [3.05, 3.63) is 64.7 Å². The molecule has 0 bridgehead atoms. The Hall–Kier alpha value is -2.68. The summed E-state index contributed by atoms with van der Waals surface area (Å²) in [6.07, 6.45) is 0.428. The number of nitrogens with one attached hydrogen (secondary N) is 1. The highest BCUT2D eigenvalue weighted by molar-refractivity contribution is 6.05. The lowest BCUT2D eigenvalue weighted by Gasteiger charge is -2.35. The minimum absolute atomic E-state index is 0.206. The molecule has 27 heavy (non-hydrogen) atoms. The van der Waals surface area contributed by atoms with E-state index in [9.17, 15) is 10.1 Å². The summed E-state index contributed by atoms with van der Waals surface area (Å²) in [6.45, 7) is 8.58. The Kier molecular flexibility index (Phi) is 5.90. The summed E-state index contributed by atoms with van der Waals surface area (Å²) in [6, 6.07) is 15.3. The molecule has 0 unspecified atom stereocenters. The summed E-state index contributed by atoms with van der Waals surface area (Å²) in [7, 11) is 0. The predicted octanol–water partition coefficient (Wildman–Crippen LogP) is 3.73. The molecule has 1 amide bonds. The van der Waals surface area contributed by atoms with Crippen molar-refractivity contribution < 1.29 is 9.53 Å². The summed E-state index contributed by atoms with van der Waals surface area (Å²) in [5.74, 6) is -0.206. The van der Waals surface area contributed by atoms with Crippen molar-refractivity contribution in [2.24, 2.45) is 0 Å². The highest BCUT2D eigenvalue weighted by atomic mass is 16.5. The van der Waals surface area contributed by atoms with Gasteiger partial charge in [0.05, 0.1) is 23.5 Å². The zero-order valence-electron chi connectivity index (χ0n) is 16.0. The second-order valence-electron chi connectivity index (χ2n) is 7.22. The summed E-state index contributed by atoms with van der Waals surface area (Å²) in [5.41, 5.74) is 3.57. The van der Waals surface area contributed by atoms with Crippen molar-refractivity contribution in [3.63, 3.8) is 0 Å². The van der Waals surface area contributed by atoms with Crippen molar-refractivity contribution in [2.75, 3.05) is 18.4 Å². The van der Waals surface area contributed by atoms with Crippen LogP contribution in [0.1, 0.15) is 40.9 Å². The number of anilines is 1. The predicted molar refractivity (Wildman–Crippen MR) is 106 cm³/mol. The molecule has 1 heterocycles. The maximum absolute atomic E-state index is 12.7. The fourth-order valence-corrected chi connectivity index (χ4v) is 3.60. The van der Waals surface area contributed by atoms with Gasteiger partial charge in [0.15, 0.2) is 0 Å². The van der Waals surface area contributed by atoms with Crippen molar-refractivity contribution in [1.82, 2.24) is 4.90 Å². The van der Waals surface area contributed by atoms with Gasteiger partial charge in [-0.3, -0.25) is 9.69 Å². The monoisotopic (exact) mass is 363 g/mol. The van der Waals surface area contributed by atoms with E-state index in [1.807, 2.05) is 37.3 Å². The zero-order valence-corrected chi connectivity index (χ0v) is 16.0. The van der Waals surface area contributed by atoms with Crippen molar-refractivity contribution in [3.8, 4) is 6.07 Å². The third-order valence-corrected chi connectivity index (χ3v) is 4.72. The van der Waals surface area contributed by atoms with Gasteiger partial charge in [-0.15, -0.1) is 0 Å². The number of benzene rings is 2. The first-order valence-corrected chi connectivity index (χ1v) is 9.24. The fraction of sp³-hybridized carbons (Fsp3) is 0.364. The number of rotatable bonds is 4. The van der Waals surface area contributed by atoms with Crippen LogP contribution in [0.15, 0.2) is 42.5 Å². The Bertz CT molecular complexity index is 862. The van der Waals surface area contributed by atoms with Crippen molar-refractivity contribution in [2.45, 2.75) is 39.5 Å². The summed E-state index contributed by atoms with van der Waals surface area (Å²) in [5, 5.41) is 12.2. The zero-order chi connectivity index (χ0) is 19.4. The van der Waals surface area contributed by atoms with E-state index in [0.29, 0.717) is 16.8 Å². The SMILES string of the molecule is Cc1cccc(NC(=O)c2cccc(CN3C[C@@H](C)O[C@@H](C)C3)c2)c1C#N. The lowest BCUT2D eigenvalue weighted by Crippen LogP contribution is -2.44. The fourth-order valence-electron chi connectivity index (χ4n) is 3.60. The second kappa shape index (κ2) is 8.34. The first-order valence-electron chi connectivity index (χ1n) is 9.24. The molecule has 2 atom stereocenters. The Labute approximate surface area is 160 Å². The molecule has 1 fully saturated rings. The number of carbonyl (C=O) groups is 1.